The van der Waals surface area contributed by atoms with Crippen molar-refractivity contribution >= 4 is 64.0 Å². The number of ether oxygens (including phenoxy) is 1. The van der Waals surface area contributed by atoms with Crippen LogP contribution in [0.1, 0.15) is 0 Å². The summed E-state index contributed by atoms with van der Waals surface area (Å²) in [6.45, 7) is 4.85. The number of nitrogens with zero attached hydrogens (tertiary/aromatic N) is 3. The van der Waals surface area contributed by atoms with Crippen LogP contribution in [0.2, 0.25) is 20.1 Å². The van der Waals surface area contributed by atoms with Crippen molar-refractivity contribution in [3.63, 3.8) is 0 Å². The van der Waals surface area contributed by atoms with E-state index in [2.05, 4.69) is 5.32 Å². The molecule has 2 aliphatic heterocycles. The molecule has 154 valence electrons. The van der Waals surface area contributed by atoms with Gasteiger partial charge in [-0.25, -0.2) is 4.79 Å². The molecule has 1 aromatic rings. The molecule has 7 nitrogen and oxygen atoms in total. The van der Waals surface area contributed by atoms with Crippen LogP contribution in [0.4, 0.5) is 10.5 Å². The molecule has 0 unspecified atom stereocenters. The lowest BCUT2D eigenvalue weighted by molar-refractivity contribution is -0.117. The van der Waals surface area contributed by atoms with Crippen molar-refractivity contribution in [1.29, 1.82) is 0 Å². The highest BCUT2D eigenvalue weighted by atomic mass is 35.5. The molecule has 0 radical (unpaired) electrons. The SMILES string of the molecule is O=C(CN1CCN(C(=O)N2CCOCC2)CC1)Nc1c(Cl)c(Cl)cc(Cl)c1Cl. The smallest absolute Gasteiger partial charge is 0.320 e. The van der Waals surface area contributed by atoms with E-state index in [0.29, 0.717) is 52.5 Å². The van der Waals surface area contributed by atoms with Gasteiger partial charge in [-0.05, 0) is 6.07 Å². The molecule has 2 heterocycles. The summed E-state index contributed by atoms with van der Waals surface area (Å²) in [5.41, 5.74) is 0.201. The molecule has 0 aliphatic carbocycles. The number of anilines is 1. The number of piperazine rings is 1. The number of benzene rings is 1. The number of carbonyl (C=O) groups excluding carboxylic acids is 2. The zero-order chi connectivity index (χ0) is 20.3. The summed E-state index contributed by atoms with van der Waals surface area (Å²) in [4.78, 5) is 30.5. The fourth-order valence-corrected chi connectivity index (χ4v) is 4.02. The van der Waals surface area contributed by atoms with Crippen molar-refractivity contribution < 1.29 is 14.3 Å². The summed E-state index contributed by atoms with van der Waals surface area (Å²) in [6.07, 6.45) is 0. The average Bonchev–Trinajstić information content (AvgIpc) is 2.70. The number of amides is 3. The molecule has 0 saturated carbocycles. The van der Waals surface area contributed by atoms with E-state index in [4.69, 9.17) is 51.1 Å². The molecule has 2 aliphatic rings. The van der Waals surface area contributed by atoms with Gasteiger partial charge in [0.05, 0.1) is 45.5 Å². The molecule has 1 aromatic carbocycles. The average molecular weight is 470 g/mol. The zero-order valence-electron chi connectivity index (χ0n) is 15.0. The molecule has 3 rings (SSSR count). The minimum atomic E-state index is -0.282. The van der Waals surface area contributed by atoms with E-state index in [1.807, 2.05) is 9.80 Å². The highest BCUT2D eigenvalue weighted by molar-refractivity contribution is 6.50. The third kappa shape index (κ3) is 5.14. The van der Waals surface area contributed by atoms with Gasteiger partial charge in [0.25, 0.3) is 0 Å². The fourth-order valence-electron chi connectivity index (χ4n) is 3.12. The number of carbonyl (C=O) groups is 2. The van der Waals surface area contributed by atoms with E-state index in [0.717, 1.165) is 0 Å². The molecule has 11 heteroatoms. The predicted molar refractivity (Wildman–Crippen MR) is 111 cm³/mol. The normalized spacial score (nSPS) is 18.3. The lowest BCUT2D eigenvalue weighted by Crippen LogP contribution is -2.55. The Bertz CT molecular complexity index is 724. The summed E-state index contributed by atoms with van der Waals surface area (Å²) in [5, 5.41) is 3.38. The van der Waals surface area contributed by atoms with Gasteiger partial charge in [0, 0.05) is 39.3 Å². The van der Waals surface area contributed by atoms with E-state index in [1.165, 1.54) is 6.07 Å². The van der Waals surface area contributed by atoms with Crippen LogP contribution in [0.3, 0.4) is 0 Å². The van der Waals surface area contributed by atoms with Gasteiger partial charge in [-0.3, -0.25) is 9.69 Å². The molecule has 2 fully saturated rings. The minimum Gasteiger partial charge on any atom is -0.378 e. The first-order valence-electron chi connectivity index (χ1n) is 8.83. The Labute approximate surface area is 183 Å². The quantitative estimate of drug-likeness (QED) is 0.689. The van der Waals surface area contributed by atoms with Gasteiger partial charge in [0.2, 0.25) is 5.91 Å². The Kier molecular flexibility index (Phi) is 7.53. The van der Waals surface area contributed by atoms with E-state index in [-0.39, 0.29) is 44.3 Å². The van der Waals surface area contributed by atoms with Gasteiger partial charge < -0.3 is 19.9 Å². The molecule has 0 aromatic heterocycles. The number of halogens is 4. The summed E-state index contributed by atoms with van der Waals surface area (Å²) in [6, 6.07) is 1.45. The summed E-state index contributed by atoms with van der Waals surface area (Å²) < 4.78 is 5.28. The standard InChI is InChI=1S/C17H20Cl4N4O3/c18-11-9-12(19)15(21)16(14(11)20)22-13(26)10-23-1-3-24(4-2-23)17(27)25-5-7-28-8-6-25/h9H,1-8,10H2,(H,22,26). The number of hydrogen-bond donors (Lipinski definition) is 1. The largest absolute Gasteiger partial charge is 0.378 e. The Morgan fingerprint density at radius 2 is 1.43 bits per heavy atom. The Morgan fingerprint density at radius 1 is 0.893 bits per heavy atom. The first-order valence-corrected chi connectivity index (χ1v) is 10.3. The van der Waals surface area contributed by atoms with E-state index in [1.54, 1.807) is 4.90 Å². The van der Waals surface area contributed by atoms with Gasteiger partial charge in [-0.15, -0.1) is 0 Å². The van der Waals surface area contributed by atoms with Crippen LogP contribution in [-0.2, 0) is 9.53 Å². The van der Waals surface area contributed by atoms with Gasteiger partial charge in [0.15, 0.2) is 0 Å². The van der Waals surface area contributed by atoms with Crippen molar-refractivity contribution in [1.82, 2.24) is 14.7 Å². The van der Waals surface area contributed by atoms with Gasteiger partial charge in [-0.2, -0.15) is 0 Å². The second-order valence-electron chi connectivity index (χ2n) is 6.54. The van der Waals surface area contributed by atoms with Crippen LogP contribution in [0.5, 0.6) is 0 Å². The molecule has 1 N–H and O–H groups in total. The zero-order valence-corrected chi connectivity index (χ0v) is 18.0. The Morgan fingerprint density at radius 3 is 2.00 bits per heavy atom. The highest BCUT2D eigenvalue weighted by Crippen LogP contribution is 2.40. The number of morpholine rings is 1. The number of hydrogen-bond acceptors (Lipinski definition) is 4. The molecule has 2 saturated heterocycles. The Balaban J connectivity index is 1.51. The van der Waals surface area contributed by atoms with Crippen molar-refractivity contribution in [2.45, 2.75) is 0 Å². The molecule has 3 amide bonds. The lowest BCUT2D eigenvalue weighted by atomic mass is 10.3. The fraction of sp³-hybridized carbons (Fsp3) is 0.529. The second kappa shape index (κ2) is 9.69. The third-order valence-corrected chi connectivity index (χ3v) is 6.24. The van der Waals surface area contributed by atoms with Gasteiger partial charge in [0.1, 0.15) is 0 Å². The van der Waals surface area contributed by atoms with E-state index in [9.17, 15) is 9.59 Å². The molecular weight excluding hydrogens is 450 g/mol. The van der Waals surface area contributed by atoms with Crippen molar-refractivity contribution in [3.05, 3.63) is 26.2 Å². The van der Waals surface area contributed by atoms with Crippen LogP contribution in [0, 0.1) is 0 Å². The maximum atomic E-state index is 12.5. The van der Waals surface area contributed by atoms with Crippen molar-refractivity contribution in [2.24, 2.45) is 0 Å². The van der Waals surface area contributed by atoms with Crippen LogP contribution in [0.15, 0.2) is 6.07 Å². The molecule has 0 spiro atoms. The highest BCUT2D eigenvalue weighted by Gasteiger charge is 2.27. The van der Waals surface area contributed by atoms with Crippen LogP contribution < -0.4 is 5.32 Å². The first-order chi connectivity index (χ1) is 13.4. The Hall–Kier alpha value is -0.960. The molecular formula is C17H20Cl4N4O3. The van der Waals surface area contributed by atoms with E-state index >= 15 is 0 Å². The van der Waals surface area contributed by atoms with Gasteiger partial charge in [-0.1, -0.05) is 46.4 Å². The third-order valence-electron chi connectivity index (χ3n) is 4.67. The van der Waals surface area contributed by atoms with E-state index < -0.39 is 0 Å². The van der Waals surface area contributed by atoms with Crippen LogP contribution >= 0.6 is 46.4 Å². The van der Waals surface area contributed by atoms with Crippen molar-refractivity contribution in [2.75, 3.05) is 64.3 Å². The molecule has 0 bridgehead atoms. The summed E-state index contributed by atoms with van der Waals surface area (Å²) >= 11 is 24.2. The maximum Gasteiger partial charge on any atom is 0.320 e. The summed E-state index contributed by atoms with van der Waals surface area (Å²) in [7, 11) is 0. The predicted octanol–water partition coefficient (Wildman–Crippen LogP) is 3.31. The van der Waals surface area contributed by atoms with Crippen LogP contribution in [0.25, 0.3) is 0 Å². The van der Waals surface area contributed by atoms with Crippen LogP contribution in [-0.4, -0.2) is 85.7 Å². The number of rotatable bonds is 3. The molecule has 28 heavy (non-hydrogen) atoms. The number of urea groups is 1. The van der Waals surface area contributed by atoms with Gasteiger partial charge >= 0.3 is 6.03 Å². The molecule has 0 atom stereocenters. The topological polar surface area (TPSA) is 65.1 Å². The number of nitrogens with one attached hydrogen (secondary N) is 1. The minimum absolute atomic E-state index is 0.0273. The maximum absolute atomic E-state index is 12.5. The first kappa shape index (κ1) is 21.7. The lowest BCUT2D eigenvalue weighted by Gasteiger charge is -2.38. The second-order valence-corrected chi connectivity index (χ2v) is 8.11. The monoisotopic (exact) mass is 468 g/mol. The summed E-state index contributed by atoms with van der Waals surface area (Å²) in [5.74, 6) is -0.282. The van der Waals surface area contributed by atoms with Crippen molar-refractivity contribution in [3.8, 4) is 0 Å².